The van der Waals surface area contributed by atoms with Gasteiger partial charge < -0.3 is 10.1 Å². The van der Waals surface area contributed by atoms with Crippen molar-refractivity contribution in [3.05, 3.63) is 44.1 Å². The summed E-state index contributed by atoms with van der Waals surface area (Å²) in [5.41, 5.74) is 2.92. The molecule has 3 nitrogen and oxygen atoms in total. The maximum atomic E-state index is 12.2. The molecule has 2 rings (SSSR count). The van der Waals surface area contributed by atoms with E-state index in [1.54, 1.807) is 13.2 Å². The van der Waals surface area contributed by atoms with Gasteiger partial charge >= 0.3 is 0 Å². The molecule has 0 spiro atoms. The Bertz CT molecular complexity index is 599. The van der Waals surface area contributed by atoms with Crippen LogP contribution in [0.1, 0.15) is 20.8 Å². The van der Waals surface area contributed by atoms with E-state index >= 15 is 0 Å². The molecule has 0 aliphatic carbocycles. The number of methoxy groups -OCH3 is 1. The molecule has 0 bridgehead atoms. The molecule has 0 saturated carbocycles. The zero-order valence-corrected chi connectivity index (χ0v) is 13.3. The predicted molar refractivity (Wildman–Crippen MR) is 82.4 cm³/mol. The average Bonchev–Trinajstić information content (AvgIpc) is 2.82. The van der Waals surface area contributed by atoms with E-state index in [9.17, 15) is 4.79 Å². The van der Waals surface area contributed by atoms with Gasteiger partial charge in [-0.15, -0.1) is 11.3 Å². The Labute approximate surface area is 124 Å². The van der Waals surface area contributed by atoms with E-state index in [1.165, 1.54) is 11.3 Å². The second-order valence-corrected chi connectivity index (χ2v) is 6.05. The highest BCUT2D eigenvalue weighted by Crippen LogP contribution is 2.27. The van der Waals surface area contributed by atoms with Crippen molar-refractivity contribution in [2.24, 2.45) is 0 Å². The smallest absolute Gasteiger partial charge is 0.265 e. The third kappa shape index (κ3) is 3.16. The topological polar surface area (TPSA) is 38.3 Å². The van der Waals surface area contributed by atoms with Gasteiger partial charge in [-0.25, -0.2) is 0 Å². The van der Waals surface area contributed by atoms with Crippen LogP contribution in [0.3, 0.4) is 0 Å². The molecule has 1 heterocycles. The maximum Gasteiger partial charge on any atom is 0.265 e. The number of carbonyl (C=O) groups is 1. The summed E-state index contributed by atoms with van der Waals surface area (Å²) in [4.78, 5) is 12.8. The van der Waals surface area contributed by atoms with Gasteiger partial charge in [0.25, 0.3) is 5.91 Å². The number of nitrogens with one attached hydrogen (secondary N) is 1. The lowest BCUT2D eigenvalue weighted by molar-refractivity contribution is 0.103. The van der Waals surface area contributed by atoms with Crippen LogP contribution in [0, 0.1) is 13.8 Å². The molecule has 0 saturated heterocycles. The molecule has 0 radical (unpaired) electrons. The van der Waals surface area contributed by atoms with Gasteiger partial charge in [-0.05, 0) is 37.1 Å². The number of carbonyl (C=O) groups excluding carboxylic acids is 1. The molecule has 100 valence electrons. The van der Waals surface area contributed by atoms with E-state index in [0.717, 1.165) is 21.3 Å². The van der Waals surface area contributed by atoms with Gasteiger partial charge in [0.1, 0.15) is 5.75 Å². The van der Waals surface area contributed by atoms with Crippen LogP contribution in [0.25, 0.3) is 0 Å². The Morgan fingerprint density at radius 1 is 1.26 bits per heavy atom. The minimum Gasteiger partial charge on any atom is -0.496 e. The number of aryl methyl sites for hydroxylation is 2. The first-order valence-corrected chi connectivity index (χ1v) is 7.39. The Morgan fingerprint density at radius 2 is 1.89 bits per heavy atom. The second-order valence-electron chi connectivity index (χ2n) is 4.22. The fourth-order valence-electron chi connectivity index (χ4n) is 1.83. The second kappa shape index (κ2) is 5.75. The van der Waals surface area contributed by atoms with Crippen LogP contribution in [0.5, 0.6) is 5.75 Å². The number of amides is 1. The molecule has 5 heteroatoms. The zero-order chi connectivity index (χ0) is 14.0. The molecule has 0 aliphatic rings. The SMILES string of the molecule is COc1csc(C(=O)Nc2c(C)cc(Br)cc2C)c1. The first-order valence-electron chi connectivity index (χ1n) is 5.72. The highest BCUT2D eigenvalue weighted by atomic mass is 79.9. The monoisotopic (exact) mass is 339 g/mol. The fourth-order valence-corrected chi connectivity index (χ4v) is 3.26. The summed E-state index contributed by atoms with van der Waals surface area (Å²) in [6.45, 7) is 3.95. The van der Waals surface area contributed by atoms with Crippen LogP contribution in [-0.4, -0.2) is 13.0 Å². The molecular formula is C14H14BrNO2S. The van der Waals surface area contributed by atoms with Crippen molar-refractivity contribution < 1.29 is 9.53 Å². The van der Waals surface area contributed by atoms with Crippen LogP contribution in [0.2, 0.25) is 0 Å². The molecule has 0 unspecified atom stereocenters. The number of rotatable bonds is 3. The van der Waals surface area contributed by atoms with Crippen LogP contribution < -0.4 is 10.1 Å². The van der Waals surface area contributed by atoms with E-state index in [2.05, 4.69) is 21.2 Å². The van der Waals surface area contributed by atoms with Crippen molar-refractivity contribution in [2.45, 2.75) is 13.8 Å². The van der Waals surface area contributed by atoms with Crippen LogP contribution in [-0.2, 0) is 0 Å². The highest BCUT2D eigenvalue weighted by Gasteiger charge is 2.12. The van der Waals surface area contributed by atoms with Gasteiger partial charge in [-0.1, -0.05) is 15.9 Å². The van der Waals surface area contributed by atoms with E-state index in [4.69, 9.17) is 4.74 Å². The zero-order valence-electron chi connectivity index (χ0n) is 10.9. The molecule has 1 aromatic heterocycles. The number of anilines is 1. The van der Waals surface area contributed by atoms with Gasteiger partial charge in [0, 0.05) is 21.6 Å². The molecule has 0 aliphatic heterocycles. The summed E-state index contributed by atoms with van der Waals surface area (Å²) >= 11 is 4.81. The quantitative estimate of drug-likeness (QED) is 0.900. The largest absolute Gasteiger partial charge is 0.496 e. The number of thiophene rings is 1. The van der Waals surface area contributed by atoms with E-state index in [1.807, 2.05) is 31.4 Å². The fraction of sp³-hybridized carbons (Fsp3) is 0.214. The normalized spacial score (nSPS) is 10.3. The molecule has 2 aromatic rings. The molecule has 1 N–H and O–H groups in total. The summed E-state index contributed by atoms with van der Waals surface area (Å²) in [7, 11) is 1.59. The Morgan fingerprint density at radius 3 is 2.42 bits per heavy atom. The summed E-state index contributed by atoms with van der Waals surface area (Å²) in [6, 6.07) is 5.71. The third-order valence-electron chi connectivity index (χ3n) is 2.77. The molecule has 1 amide bonds. The van der Waals surface area contributed by atoms with Crippen LogP contribution in [0.15, 0.2) is 28.1 Å². The van der Waals surface area contributed by atoms with Crippen molar-refractivity contribution in [2.75, 3.05) is 12.4 Å². The molecular weight excluding hydrogens is 326 g/mol. The van der Waals surface area contributed by atoms with Crippen molar-refractivity contribution in [3.8, 4) is 5.75 Å². The minimum atomic E-state index is -0.109. The first kappa shape index (κ1) is 14.1. The first-order chi connectivity index (χ1) is 9.01. The summed E-state index contributed by atoms with van der Waals surface area (Å²) in [5, 5.41) is 4.77. The predicted octanol–water partition coefficient (Wildman–Crippen LogP) is 4.39. The van der Waals surface area contributed by atoms with E-state index in [0.29, 0.717) is 10.6 Å². The minimum absolute atomic E-state index is 0.109. The number of hydrogen-bond donors (Lipinski definition) is 1. The van der Waals surface area contributed by atoms with Gasteiger partial charge in [-0.2, -0.15) is 0 Å². The molecule has 0 atom stereocenters. The van der Waals surface area contributed by atoms with Crippen molar-refractivity contribution in [1.29, 1.82) is 0 Å². The number of halogens is 1. The summed E-state index contributed by atoms with van der Waals surface area (Å²) < 4.78 is 6.09. The molecule has 19 heavy (non-hydrogen) atoms. The van der Waals surface area contributed by atoms with Crippen LogP contribution >= 0.6 is 27.3 Å². The lowest BCUT2D eigenvalue weighted by Crippen LogP contribution is -2.12. The van der Waals surface area contributed by atoms with Crippen molar-refractivity contribution in [1.82, 2.24) is 0 Å². The van der Waals surface area contributed by atoms with Crippen molar-refractivity contribution in [3.63, 3.8) is 0 Å². The Kier molecular flexibility index (Phi) is 4.27. The Hall–Kier alpha value is -1.33. The molecule has 0 fully saturated rings. The van der Waals surface area contributed by atoms with Gasteiger partial charge in [-0.3, -0.25) is 4.79 Å². The van der Waals surface area contributed by atoms with Crippen molar-refractivity contribution >= 4 is 38.9 Å². The van der Waals surface area contributed by atoms with E-state index in [-0.39, 0.29) is 5.91 Å². The van der Waals surface area contributed by atoms with Crippen LogP contribution in [0.4, 0.5) is 5.69 Å². The number of benzene rings is 1. The lowest BCUT2D eigenvalue weighted by Gasteiger charge is -2.11. The standard InChI is InChI=1S/C14H14BrNO2S/c1-8-4-10(15)5-9(2)13(8)16-14(17)12-6-11(18-3)7-19-12/h4-7H,1-3H3,(H,16,17). The van der Waals surface area contributed by atoms with Gasteiger partial charge in [0.05, 0.1) is 12.0 Å². The van der Waals surface area contributed by atoms with Gasteiger partial charge in [0.15, 0.2) is 0 Å². The number of ether oxygens (including phenoxy) is 1. The maximum absolute atomic E-state index is 12.2. The van der Waals surface area contributed by atoms with E-state index < -0.39 is 0 Å². The lowest BCUT2D eigenvalue weighted by atomic mass is 10.1. The third-order valence-corrected chi connectivity index (χ3v) is 4.14. The summed E-state index contributed by atoms with van der Waals surface area (Å²) in [5.74, 6) is 0.598. The highest BCUT2D eigenvalue weighted by molar-refractivity contribution is 9.10. The molecule has 1 aromatic carbocycles. The van der Waals surface area contributed by atoms with Gasteiger partial charge in [0.2, 0.25) is 0 Å². The Balaban J connectivity index is 2.24. The number of hydrogen-bond acceptors (Lipinski definition) is 3. The summed E-state index contributed by atoms with van der Waals surface area (Å²) in [6.07, 6.45) is 0. The average molecular weight is 340 g/mol.